The van der Waals surface area contributed by atoms with E-state index in [0.717, 1.165) is 99.4 Å². The lowest BCUT2D eigenvalue weighted by atomic mass is 9.82. The monoisotopic (exact) mass is 1130 g/mol. The van der Waals surface area contributed by atoms with Crippen LogP contribution >= 0.6 is 0 Å². The van der Waals surface area contributed by atoms with E-state index in [-0.39, 0.29) is 40.0 Å². The highest BCUT2D eigenvalue weighted by atomic mass is 16.3. The van der Waals surface area contributed by atoms with Crippen LogP contribution in [0.25, 0.3) is 0 Å². The Hall–Kier alpha value is -8.27. The van der Waals surface area contributed by atoms with Gasteiger partial charge in [0.1, 0.15) is 0 Å². The van der Waals surface area contributed by atoms with Gasteiger partial charge in [-0.2, -0.15) is 0 Å². The molecule has 5 aromatic carbocycles. The summed E-state index contributed by atoms with van der Waals surface area (Å²) in [5, 5.41) is 44.9. The molecule has 2 unspecified atom stereocenters. The summed E-state index contributed by atoms with van der Waals surface area (Å²) in [7, 11) is 0. The average molecular weight is 1130 g/mol. The summed E-state index contributed by atoms with van der Waals surface area (Å²) < 4.78 is 4.63. The van der Waals surface area contributed by atoms with Crippen molar-refractivity contribution in [1.29, 1.82) is 0 Å². The molecule has 11 rings (SSSR count). The molecule has 3 aliphatic rings. The highest BCUT2D eigenvalue weighted by Gasteiger charge is 2.24. The number of benzene rings is 5. The molecule has 1 aliphatic carbocycles. The normalized spacial score (nSPS) is 17.9. The summed E-state index contributed by atoms with van der Waals surface area (Å²) in [4.78, 5) is 39.9. The van der Waals surface area contributed by atoms with Crippen LogP contribution in [0.15, 0.2) is 215 Å². The number of pyridine rings is 3. The van der Waals surface area contributed by atoms with E-state index in [1.54, 1.807) is 33.8 Å². The van der Waals surface area contributed by atoms with E-state index in [0.29, 0.717) is 68.0 Å². The fourth-order valence-corrected chi connectivity index (χ4v) is 11.4. The molecule has 7 N–H and O–H groups in total. The van der Waals surface area contributed by atoms with Crippen LogP contribution in [0.3, 0.4) is 0 Å². The van der Waals surface area contributed by atoms with Crippen molar-refractivity contribution >= 4 is 0 Å². The van der Waals surface area contributed by atoms with Gasteiger partial charge < -0.3 is 50.3 Å². The molecule has 8 aromatic rings. The Morgan fingerprint density at radius 1 is 0.440 bits per heavy atom. The molecule has 14 nitrogen and oxygen atoms in total. The fourth-order valence-electron chi connectivity index (χ4n) is 11.4. The van der Waals surface area contributed by atoms with Crippen LogP contribution in [0.1, 0.15) is 95.9 Å². The maximum Gasteiger partial charge on any atom is 0.293 e. The van der Waals surface area contributed by atoms with Crippen molar-refractivity contribution in [3.05, 3.63) is 276 Å². The van der Waals surface area contributed by atoms with E-state index in [9.17, 15) is 29.7 Å². The summed E-state index contributed by atoms with van der Waals surface area (Å²) in [5.74, 6) is 0.271. The van der Waals surface area contributed by atoms with Crippen LogP contribution in [-0.2, 0) is 52.2 Å². The molecule has 84 heavy (non-hydrogen) atoms. The largest absolute Gasteiger partial charge is 0.503 e. The maximum absolute atomic E-state index is 12.5. The van der Waals surface area contributed by atoms with Gasteiger partial charge in [-0.1, -0.05) is 158 Å². The standard InChI is InChI=1S/C26H30N2O2.C24H27N3O2.C20H25N3O2/c29-25-23(15-16-28(26(25)30)19-22-9-5-2-6-10-22)18-27-24-13-11-21(12-14-24)17-20-7-3-1-4-8-20;28-23-21(11-14-27(24(23)29)17-20-9-5-2-6-10-20)15-25-22-12-13-26(18-22)16-19-7-3-1-4-8-19;1-15-18(9-5-6-11-21-15)22-13-17-10-12-23(20(25)19(17)24)14-16-7-3-2-4-8-16/h1-10,15-16,21,24,27,29H,11-14,17-19H2;1-11,14,22,25,28H,12-13,15-18H2;2-4,7-8,10,12,18,21-22,24H,1,5-6,9,11,13-14H2. The Morgan fingerprint density at radius 2 is 0.833 bits per heavy atom. The van der Waals surface area contributed by atoms with Gasteiger partial charge >= 0.3 is 0 Å². The van der Waals surface area contributed by atoms with Crippen LogP contribution in [0.5, 0.6) is 17.2 Å². The lowest BCUT2D eigenvalue weighted by Gasteiger charge is -2.29. The summed E-state index contributed by atoms with van der Waals surface area (Å²) in [6.45, 7) is 10.8. The van der Waals surface area contributed by atoms with Gasteiger partial charge in [0, 0.05) is 105 Å². The number of aromatic nitrogens is 3. The van der Waals surface area contributed by atoms with Gasteiger partial charge in [-0.05, 0) is 110 Å². The Morgan fingerprint density at radius 3 is 1.27 bits per heavy atom. The first-order valence-electron chi connectivity index (χ1n) is 29.8. The van der Waals surface area contributed by atoms with E-state index in [4.69, 9.17) is 0 Å². The number of nitrogens with one attached hydrogen (secondary N) is 4. The SMILES string of the molecule is C=C1NCCCCC1NCc1ccn(Cc2ccccc2)c(=O)c1O.O=c1c(O)c(CNC2CCC(Cc3ccccc3)CC2)ccn1Cc1ccccc1.O=c1c(O)c(CNC2CCN(Cc3ccccc3)C2)ccn1Cc1ccccc1. The van der Waals surface area contributed by atoms with E-state index < -0.39 is 0 Å². The van der Waals surface area contributed by atoms with Crippen molar-refractivity contribution in [2.45, 2.75) is 122 Å². The second-order valence-electron chi connectivity index (χ2n) is 22.6. The van der Waals surface area contributed by atoms with E-state index >= 15 is 0 Å². The van der Waals surface area contributed by atoms with E-state index in [1.165, 1.54) is 28.5 Å². The third-order valence-electron chi connectivity index (χ3n) is 16.4. The number of likely N-dealkylation sites (tertiary alicyclic amines) is 1. The topological polar surface area (TPSA) is 178 Å². The highest BCUT2D eigenvalue weighted by Crippen LogP contribution is 2.28. The van der Waals surface area contributed by atoms with Crippen LogP contribution in [0.4, 0.5) is 0 Å². The minimum atomic E-state index is -0.360. The number of rotatable bonds is 19. The zero-order valence-corrected chi connectivity index (χ0v) is 48.2. The molecule has 0 radical (unpaired) electrons. The van der Waals surface area contributed by atoms with E-state index in [2.05, 4.69) is 87.3 Å². The number of hydrogen-bond acceptors (Lipinski definition) is 11. The lowest BCUT2D eigenvalue weighted by molar-refractivity contribution is 0.288. The molecule has 2 saturated heterocycles. The van der Waals surface area contributed by atoms with Crippen molar-refractivity contribution in [1.82, 2.24) is 39.9 Å². The molecule has 3 fully saturated rings. The third-order valence-corrected chi connectivity index (χ3v) is 16.4. The number of aromatic hydroxyl groups is 3. The smallest absolute Gasteiger partial charge is 0.293 e. The molecule has 438 valence electrons. The van der Waals surface area contributed by atoms with E-state index in [1.807, 2.05) is 109 Å². The predicted molar refractivity (Wildman–Crippen MR) is 335 cm³/mol. The summed E-state index contributed by atoms with van der Waals surface area (Å²) in [6.07, 6.45) is 15.5. The minimum Gasteiger partial charge on any atom is -0.503 e. The van der Waals surface area contributed by atoms with Crippen molar-refractivity contribution in [2.24, 2.45) is 5.92 Å². The van der Waals surface area contributed by atoms with Crippen LogP contribution in [0.2, 0.25) is 0 Å². The van der Waals surface area contributed by atoms with Gasteiger partial charge in [0.2, 0.25) is 0 Å². The predicted octanol–water partition coefficient (Wildman–Crippen LogP) is 9.81. The molecular weight excluding hydrogens is 1050 g/mol. The molecule has 0 spiro atoms. The molecule has 1 saturated carbocycles. The summed E-state index contributed by atoms with van der Waals surface area (Å²) in [5.41, 5.74) is 7.74. The summed E-state index contributed by atoms with van der Waals surface area (Å²) in [6, 6.07) is 57.0. The molecular formula is C70H82N8O6. The minimum absolute atomic E-state index is 0.140. The Kier molecular flexibility index (Phi) is 22.2. The van der Waals surface area contributed by atoms with Gasteiger partial charge in [-0.25, -0.2) is 0 Å². The Bertz CT molecular complexity index is 3500. The molecule has 2 atom stereocenters. The average Bonchev–Trinajstić information content (AvgIpc) is 4.05. The van der Waals surface area contributed by atoms with Gasteiger partial charge in [0.15, 0.2) is 17.2 Å². The first kappa shape index (κ1) is 60.3. The van der Waals surface area contributed by atoms with Gasteiger partial charge in [-0.15, -0.1) is 0 Å². The lowest BCUT2D eigenvalue weighted by Crippen LogP contribution is -2.34. The Balaban J connectivity index is 0.000000152. The highest BCUT2D eigenvalue weighted by molar-refractivity contribution is 5.32. The van der Waals surface area contributed by atoms with Crippen LogP contribution in [0, 0.1) is 5.92 Å². The Labute approximate surface area is 493 Å². The van der Waals surface area contributed by atoms with Crippen LogP contribution < -0.4 is 37.9 Å². The van der Waals surface area contributed by atoms with Crippen molar-refractivity contribution in [2.75, 3.05) is 19.6 Å². The molecule has 0 bridgehead atoms. The van der Waals surface area contributed by atoms with Crippen molar-refractivity contribution in [3.8, 4) is 17.2 Å². The zero-order chi connectivity index (χ0) is 58.5. The first-order valence-corrected chi connectivity index (χ1v) is 29.8. The van der Waals surface area contributed by atoms with Crippen molar-refractivity contribution < 1.29 is 15.3 Å². The maximum atomic E-state index is 12.5. The quantitative estimate of drug-likeness (QED) is 0.0410. The zero-order valence-electron chi connectivity index (χ0n) is 48.2. The van der Waals surface area contributed by atoms with Gasteiger partial charge in [-0.3, -0.25) is 19.3 Å². The van der Waals surface area contributed by atoms with Gasteiger partial charge in [0.05, 0.1) is 19.6 Å². The molecule has 2 aliphatic heterocycles. The number of hydrogen-bond donors (Lipinski definition) is 7. The molecule has 3 aromatic heterocycles. The van der Waals surface area contributed by atoms with Gasteiger partial charge in [0.25, 0.3) is 16.7 Å². The second-order valence-corrected chi connectivity index (χ2v) is 22.6. The first-order chi connectivity index (χ1) is 41.0. The third kappa shape index (κ3) is 17.6. The molecule has 14 heteroatoms. The van der Waals surface area contributed by atoms with Crippen molar-refractivity contribution in [3.63, 3.8) is 0 Å². The summed E-state index contributed by atoms with van der Waals surface area (Å²) >= 11 is 0. The number of nitrogens with zero attached hydrogens (tertiary/aromatic N) is 4. The molecule has 5 heterocycles. The van der Waals surface area contributed by atoms with Crippen LogP contribution in [-0.4, -0.2) is 71.7 Å². The molecule has 0 amide bonds. The second kappa shape index (κ2) is 30.9. The fraction of sp³-hybridized carbons (Fsp3) is 0.329.